The van der Waals surface area contributed by atoms with E-state index in [1.807, 2.05) is 35.4 Å². The van der Waals surface area contributed by atoms with Crippen molar-refractivity contribution in [2.75, 3.05) is 26.5 Å². The molecule has 1 aromatic heterocycles. The number of H-pyrrole nitrogens is 1. The fraction of sp³-hybridized carbons (Fsp3) is 0.526. The van der Waals surface area contributed by atoms with Crippen LogP contribution in [-0.4, -0.2) is 58.5 Å². The van der Waals surface area contributed by atoms with Gasteiger partial charge in [0.2, 0.25) is 5.16 Å². The third kappa shape index (κ3) is 4.45. The van der Waals surface area contributed by atoms with E-state index in [9.17, 15) is 4.79 Å². The van der Waals surface area contributed by atoms with E-state index >= 15 is 0 Å². The maximum atomic E-state index is 13.1. The van der Waals surface area contributed by atoms with Gasteiger partial charge in [0.15, 0.2) is 5.82 Å². The van der Waals surface area contributed by atoms with Gasteiger partial charge in [0, 0.05) is 37.4 Å². The summed E-state index contributed by atoms with van der Waals surface area (Å²) in [4.78, 5) is 19.6. The van der Waals surface area contributed by atoms with Crippen LogP contribution in [0.4, 0.5) is 0 Å². The Morgan fingerprint density at radius 3 is 3.08 bits per heavy atom. The number of thioether (sulfide) groups is 1. The number of methoxy groups -OCH3 is 1. The molecule has 0 saturated carbocycles. The Labute approximate surface area is 158 Å². The Kier molecular flexibility index (Phi) is 6.68. The van der Waals surface area contributed by atoms with Gasteiger partial charge in [0.1, 0.15) is 0 Å². The number of carbonyl (C=O) groups excluding carboxylic acids is 1. The molecule has 0 spiro atoms. The molecule has 6 nitrogen and oxygen atoms in total. The standard InChI is InChI=1S/C19H26N4O2S/c1-25-12-6-10-16-9-3-4-11-23(16)18(24)15-8-5-7-14(13-15)17-20-19(26-2)22-21-17/h5,7-8,13,16H,3-4,6,9-12H2,1-2H3,(H,20,21,22). The van der Waals surface area contributed by atoms with Gasteiger partial charge < -0.3 is 9.64 Å². The molecule has 2 heterocycles. The van der Waals surface area contributed by atoms with Crippen molar-refractivity contribution in [3.8, 4) is 11.4 Å². The van der Waals surface area contributed by atoms with Crippen molar-refractivity contribution >= 4 is 17.7 Å². The van der Waals surface area contributed by atoms with Crippen molar-refractivity contribution in [1.29, 1.82) is 0 Å². The first kappa shape index (κ1) is 18.9. The lowest BCUT2D eigenvalue weighted by Gasteiger charge is -2.36. The molecule has 1 fully saturated rings. The lowest BCUT2D eigenvalue weighted by atomic mass is 9.96. The van der Waals surface area contributed by atoms with E-state index in [-0.39, 0.29) is 5.91 Å². The second-order valence-corrected chi connectivity index (χ2v) is 7.31. The van der Waals surface area contributed by atoms with Gasteiger partial charge >= 0.3 is 0 Å². The van der Waals surface area contributed by atoms with Gasteiger partial charge in [-0.2, -0.15) is 0 Å². The molecular weight excluding hydrogens is 348 g/mol. The summed E-state index contributed by atoms with van der Waals surface area (Å²) in [5, 5.41) is 7.79. The van der Waals surface area contributed by atoms with Gasteiger partial charge in [-0.3, -0.25) is 9.89 Å². The normalized spacial score (nSPS) is 17.5. The molecule has 3 rings (SSSR count). The number of nitrogens with one attached hydrogen (secondary N) is 1. The molecule has 1 unspecified atom stereocenters. The predicted octanol–water partition coefficient (Wildman–Crippen LogP) is 3.61. The van der Waals surface area contributed by atoms with Gasteiger partial charge in [-0.05, 0) is 50.5 Å². The molecule has 1 amide bonds. The monoisotopic (exact) mass is 374 g/mol. The minimum atomic E-state index is 0.110. The largest absolute Gasteiger partial charge is 0.385 e. The number of benzene rings is 1. The van der Waals surface area contributed by atoms with Crippen LogP contribution in [0.25, 0.3) is 11.4 Å². The molecule has 1 saturated heterocycles. The topological polar surface area (TPSA) is 71.1 Å². The van der Waals surface area contributed by atoms with E-state index in [0.717, 1.165) is 44.4 Å². The second-order valence-electron chi connectivity index (χ2n) is 6.53. The van der Waals surface area contributed by atoms with Crippen LogP contribution < -0.4 is 0 Å². The predicted molar refractivity (Wildman–Crippen MR) is 103 cm³/mol. The number of ether oxygens (including phenoxy) is 1. The quantitative estimate of drug-likeness (QED) is 0.592. The minimum Gasteiger partial charge on any atom is -0.385 e. The Bertz CT molecular complexity index is 734. The average Bonchev–Trinajstić information content (AvgIpc) is 3.17. The molecule has 1 atom stereocenters. The maximum absolute atomic E-state index is 13.1. The van der Waals surface area contributed by atoms with Crippen LogP contribution >= 0.6 is 11.8 Å². The number of likely N-dealkylation sites (tertiary alicyclic amines) is 1. The summed E-state index contributed by atoms with van der Waals surface area (Å²) in [6.45, 7) is 1.58. The van der Waals surface area contributed by atoms with E-state index in [2.05, 4.69) is 15.2 Å². The second kappa shape index (κ2) is 9.19. The molecule has 0 bridgehead atoms. The number of aromatic amines is 1. The zero-order valence-electron chi connectivity index (χ0n) is 15.4. The summed E-state index contributed by atoms with van der Waals surface area (Å²) in [5.74, 6) is 0.804. The van der Waals surface area contributed by atoms with Gasteiger partial charge in [-0.25, -0.2) is 4.98 Å². The van der Waals surface area contributed by atoms with Gasteiger partial charge in [0.05, 0.1) is 0 Å². The third-order valence-corrected chi connectivity index (χ3v) is 5.35. The third-order valence-electron chi connectivity index (χ3n) is 4.80. The molecule has 1 aromatic carbocycles. The van der Waals surface area contributed by atoms with Crippen molar-refractivity contribution in [1.82, 2.24) is 20.1 Å². The molecule has 0 aliphatic carbocycles. The molecule has 140 valence electrons. The van der Waals surface area contributed by atoms with Crippen molar-refractivity contribution in [3.05, 3.63) is 29.8 Å². The van der Waals surface area contributed by atoms with Gasteiger partial charge in [0.25, 0.3) is 5.91 Å². The molecule has 1 aliphatic rings. The molecule has 1 N–H and O–H groups in total. The number of amides is 1. The lowest BCUT2D eigenvalue weighted by molar-refractivity contribution is 0.0585. The van der Waals surface area contributed by atoms with Crippen molar-refractivity contribution in [3.63, 3.8) is 0 Å². The summed E-state index contributed by atoms with van der Waals surface area (Å²) in [6, 6.07) is 7.97. The number of aromatic nitrogens is 3. The lowest BCUT2D eigenvalue weighted by Crippen LogP contribution is -2.43. The Morgan fingerprint density at radius 2 is 2.31 bits per heavy atom. The maximum Gasteiger partial charge on any atom is 0.254 e. The van der Waals surface area contributed by atoms with Crippen LogP contribution in [0.2, 0.25) is 0 Å². The summed E-state index contributed by atoms with van der Waals surface area (Å²) in [5.41, 5.74) is 1.60. The summed E-state index contributed by atoms with van der Waals surface area (Å²) in [6.07, 6.45) is 7.27. The van der Waals surface area contributed by atoms with E-state index in [4.69, 9.17) is 4.74 Å². The number of rotatable bonds is 7. The number of carbonyl (C=O) groups is 1. The first-order valence-corrected chi connectivity index (χ1v) is 10.3. The fourth-order valence-electron chi connectivity index (χ4n) is 3.46. The van der Waals surface area contributed by atoms with E-state index in [1.165, 1.54) is 18.2 Å². The van der Waals surface area contributed by atoms with Crippen LogP contribution in [0.15, 0.2) is 29.4 Å². The number of hydrogen-bond donors (Lipinski definition) is 1. The SMILES string of the molecule is COCCCC1CCCCN1C(=O)c1cccc(-c2nc(SC)n[nH]2)c1. The Hall–Kier alpha value is -1.86. The van der Waals surface area contributed by atoms with E-state index in [1.54, 1.807) is 7.11 Å². The molecular formula is C19H26N4O2S. The zero-order valence-corrected chi connectivity index (χ0v) is 16.2. The fourth-order valence-corrected chi connectivity index (χ4v) is 3.78. The van der Waals surface area contributed by atoms with Crippen LogP contribution in [0.1, 0.15) is 42.5 Å². The van der Waals surface area contributed by atoms with Crippen LogP contribution in [0, 0.1) is 0 Å². The molecule has 1 aliphatic heterocycles. The van der Waals surface area contributed by atoms with Gasteiger partial charge in [-0.15, -0.1) is 5.10 Å². The number of piperidine rings is 1. The van der Waals surface area contributed by atoms with Crippen molar-refractivity contribution in [2.24, 2.45) is 0 Å². The van der Waals surface area contributed by atoms with E-state index < -0.39 is 0 Å². The first-order chi connectivity index (χ1) is 12.7. The van der Waals surface area contributed by atoms with Crippen molar-refractivity contribution < 1.29 is 9.53 Å². The average molecular weight is 375 g/mol. The highest BCUT2D eigenvalue weighted by Crippen LogP contribution is 2.25. The van der Waals surface area contributed by atoms with Crippen LogP contribution in [0.3, 0.4) is 0 Å². The highest BCUT2D eigenvalue weighted by molar-refractivity contribution is 7.98. The molecule has 7 heteroatoms. The first-order valence-electron chi connectivity index (χ1n) is 9.09. The van der Waals surface area contributed by atoms with E-state index in [0.29, 0.717) is 22.6 Å². The van der Waals surface area contributed by atoms with Crippen LogP contribution in [0.5, 0.6) is 0 Å². The number of nitrogens with zero attached hydrogens (tertiary/aromatic N) is 3. The highest BCUT2D eigenvalue weighted by atomic mass is 32.2. The van der Waals surface area contributed by atoms with Crippen molar-refractivity contribution in [2.45, 2.75) is 43.3 Å². The molecule has 0 radical (unpaired) electrons. The summed E-state index contributed by atoms with van der Waals surface area (Å²) >= 11 is 1.49. The van der Waals surface area contributed by atoms with Crippen LogP contribution in [-0.2, 0) is 4.74 Å². The summed E-state index contributed by atoms with van der Waals surface area (Å²) < 4.78 is 5.17. The smallest absolute Gasteiger partial charge is 0.254 e. The molecule has 26 heavy (non-hydrogen) atoms. The minimum absolute atomic E-state index is 0.110. The van der Waals surface area contributed by atoms with Gasteiger partial charge in [-0.1, -0.05) is 23.9 Å². The number of hydrogen-bond acceptors (Lipinski definition) is 5. The Balaban J connectivity index is 1.76. The zero-order chi connectivity index (χ0) is 18.4. The Morgan fingerprint density at radius 1 is 1.42 bits per heavy atom. The molecule has 2 aromatic rings. The summed E-state index contributed by atoms with van der Waals surface area (Å²) in [7, 11) is 1.72. The highest BCUT2D eigenvalue weighted by Gasteiger charge is 2.27.